The molecule has 1 saturated heterocycles. The van der Waals surface area contributed by atoms with Crippen LogP contribution in [0.5, 0.6) is 5.75 Å². The minimum atomic E-state index is -0.347. The summed E-state index contributed by atoms with van der Waals surface area (Å²) in [7, 11) is 1.48. The summed E-state index contributed by atoms with van der Waals surface area (Å²) in [4.78, 5) is 2.36. The van der Waals surface area contributed by atoms with Gasteiger partial charge in [-0.1, -0.05) is 18.2 Å². The smallest absolute Gasteiger partial charge is 0.165 e. The van der Waals surface area contributed by atoms with Crippen LogP contribution in [0.2, 0.25) is 0 Å². The molecule has 1 atom stereocenters. The summed E-state index contributed by atoms with van der Waals surface area (Å²) in [6.45, 7) is 2.58. The van der Waals surface area contributed by atoms with Gasteiger partial charge in [0.2, 0.25) is 0 Å². The molecule has 0 aliphatic carbocycles. The molecule has 2 heterocycles. The highest BCUT2D eigenvalue weighted by Crippen LogP contribution is 2.33. The van der Waals surface area contributed by atoms with Crippen LogP contribution in [-0.4, -0.2) is 35.3 Å². The van der Waals surface area contributed by atoms with E-state index in [0.29, 0.717) is 0 Å². The van der Waals surface area contributed by atoms with Crippen LogP contribution in [0.1, 0.15) is 30.0 Å². The lowest BCUT2D eigenvalue weighted by Gasteiger charge is -2.32. The van der Waals surface area contributed by atoms with Gasteiger partial charge in [0.1, 0.15) is 5.82 Å². The maximum absolute atomic E-state index is 13.7. The van der Waals surface area contributed by atoms with Gasteiger partial charge in [-0.05, 0) is 54.8 Å². The zero-order valence-electron chi connectivity index (χ0n) is 15.8. The van der Waals surface area contributed by atoms with E-state index in [-0.39, 0.29) is 23.3 Å². The summed E-state index contributed by atoms with van der Waals surface area (Å²) in [6, 6.07) is 11.6. The minimum absolute atomic E-state index is 0.250. The van der Waals surface area contributed by atoms with E-state index in [4.69, 9.17) is 4.74 Å². The van der Waals surface area contributed by atoms with Crippen LogP contribution in [0.25, 0.3) is 11.1 Å². The first-order chi connectivity index (χ1) is 13.6. The highest BCUT2D eigenvalue weighted by molar-refractivity contribution is 5.65. The van der Waals surface area contributed by atoms with Gasteiger partial charge in [0.15, 0.2) is 11.6 Å². The first-order valence-electron chi connectivity index (χ1n) is 9.48. The van der Waals surface area contributed by atoms with Crippen molar-refractivity contribution < 1.29 is 13.5 Å². The molecule has 146 valence electrons. The van der Waals surface area contributed by atoms with Gasteiger partial charge in [0.25, 0.3) is 0 Å². The molecule has 1 N–H and O–H groups in total. The second kappa shape index (κ2) is 8.10. The number of piperidine rings is 1. The van der Waals surface area contributed by atoms with Crippen LogP contribution in [0.15, 0.2) is 48.7 Å². The van der Waals surface area contributed by atoms with Crippen LogP contribution in [0.3, 0.4) is 0 Å². The lowest BCUT2D eigenvalue weighted by Crippen LogP contribution is -2.34. The van der Waals surface area contributed by atoms with Gasteiger partial charge in [-0.3, -0.25) is 10.00 Å². The zero-order chi connectivity index (χ0) is 19.5. The number of benzene rings is 2. The molecule has 1 aliphatic heterocycles. The number of likely N-dealkylation sites (tertiary alicyclic amines) is 1. The van der Waals surface area contributed by atoms with Crippen molar-refractivity contribution in [1.82, 2.24) is 15.1 Å². The van der Waals surface area contributed by atoms with E-state index in [1.165, 1.54) is 19.2 Å². The standard InChI is InChI=1S/C22H23F2N3O/c1-28-21-10-15(7-8-20(21)24)13-27-9-3-5-17(14-27)22-19(12-25-26-22)16-4-2-6-18(23)11-16/h2,4,6-8,10-12,17H,3,5,9,13-14H2,1H3,(H,25,26)/t17-/m0/s1. The molecule has 4 rings (SSSR count). The van der Waals surface area contributed by atoms with Crippen LogP contribution in [0.4, 0.5) is 8.78 Å². The predicted molar refractivity (Wildman–Crippen MR) is 104 cm³/mol. The van der Waals surface area contributed by atoms with Crippen molar-refractivity contribution in [1.29, 1.82) is 0 Å². The van der Waals surface area contributed by atoms with Crippen LogP contribution in [-0.2, 0) is 6.54 Å². The topological polar surface area (TPSA) is 41.1 Å². The number of halogens is 2. The number of aromatic nitrogens is 2. The van der Waals surface area contributed by atoms with Gasteiger partial charge in [-0.15, -0.1) is 0 Å². The number of H-pyrrole nitrogens is 1. The van der Waals surface area contributed by atoms with Crippen molar-refractivity contribution in [3.63, 3.8) is 0 Å². The van der Waals surface area contributed by atoms with Gasteiger partial charge in [0, 0.05) is 30.3 Å². The fraction of sp³-hybridized carbons (Fsp3) is 0.318. The summed E-state index contributed by atoms with van der Waals surface area (Å²) < 4.78 is 32.4. The quantitative estimate of drug-likeness (QED) is 0.692. The highest BCUT2D eigenvalue weighted by atomic mass is 19.1. The molecule has 0 unspecified atom stereocenters. The molecule has 0 bridgehead atoms. The molecule has 1 fully saturated rings. The van der Waals surface area contributed by atoms with E-state index in [9.17, 15) is 8.78 Å². The number of ether oxygens (including phenoxy) is 1. The number of hydrogen-bond acceptors (Lipinski definition) is 3. The Labute approximate surface area is 163 Å². The lowest BCUT2D eigenvalue weighted by molar-refractivity contribution is 0.198. The minimum Gasteiger partial charge on any atom is -0.494 e. The molecule has 0 radical (unpaired) electrons. The van der Waals surface area contributed by atoms with E-state index in [2.05, 4.69) is 15.1 Å². The Hall–Kier alpha value is -2.73. The van der Waals surface area contributed by atoms with E-state index in [1.54, 1.807) is 30.5 Å². The van der Waals surface area contributed by atoms with Crippen molar-refractivity contribution in [2.75, 3.05) is 20.2 Å². The molecule has 28 heavy (non-hydrogen) atoms. The van der Waals surface area contributed by atoms with E-state index in [0.717, 1.165) is 54.9 Å². The second-order valence-corrected chi connectivity index (χ2v) is 7.25. The Bertz CT molecular complexity index is 956. The Kier molecular flexibility index (Phi) is 5.39. The molecule has 0 spiro atoms. The van der Waals surface area contributed by atoms with E-state index in [1.807, 2.05) is 6.07 Å². The Morgan fingerprint density at radius 1 is 1.21 bits per heavy atom. The molecule has 0 amide bonds. The molecule has 1 aromatic heterocycles. The van der Waals surface area contributed by atoms with Gasteiger partial charge in [-0.25, -0.2) is 8.78 Å². The summed E-state index contributed by atoms with van der Waals surface area (Å²) in [5.74, 6) is -0.0370. The van der Waals surface area contributed by atoms with Gasteiger partial charge >= 0.3 is 0 Å². The third-order valence-corrected chi connectivity index (χ3v) is 5.34. The third-order valence-electron chi connectivity index (χ3n) is 5.34. The van der Waals surface area contributed by atoms with Crippen molar-refractivity contribution in [2.45, 2.75) is 25.3 Å². The Morgan fingerprint density at radius 2 is 2.11 bits per heavy atom. The number of rotatable bonds is 5. The monoisotopic (exact) mass is 383 g/mol. The normalized spacial score (nSPS) is 17.6. The molecule has 4 nitrogen and oxygen atoms in total. The van der Waals surface area contributed by atoms with Crippen molar-refractivity contribution in [3.8, 4) is 16.9 Å². The Morgan fingerprint density at radius 3 is 2.93 bits per heavy atom. The van der Waals surface area contributed by atoms with Gasteiger partial charge in [-0.2, -0.15) is 5.10 Å². The first kappa shape index (κ1) is 18.6. The fourth-order valence-corrected chi connectivity index (χ4v) is 3.99. The molecule has 0 saturated carbocycles. The Balaban J connectivity index is 1.51. The van der Waals surface area contributed by atoms with Crippen LogP contribution in [0, 0.1) is 11.6 Å². The molecule has 6 heteroatoms. The first-order valence-corrected chi connectivity index (χ1v) is 9.48. The lowest BCUT2D eigenvalue weighted by atomic mass is 9.90. The fourth-order valence-electron chi connectivity index (χ4n) is 3.99. The molecule has 1 aliphatic rings. The maximum atomic E-state index is 13.7. The molecular weight excluding hydrogens is 360 g/mol. The summed E-state index contributed by atoms with van der Waals surface area (Å²) in [6.07, 6.45) is 3.88. The number of aromatic amines is 1. The highest BCUT2D eigenvalue weighted by Gasteiger charge is 2.25. The molecular formula is C22H23F2N3O. The van der Waals surface area contributed by atoms with Gasteiger partial charge < -0.3 is 4.74 Å². The molecule has 2 aromatic carbocycles. The number of hydrogen-bond donors (Lipinski definition) is 1. The van der Waals surface area contributed by atoms with Crippen molar-refractivity contribution >= 4 is 0 Å². The van der Waals surface area contributed by atoms with Crippen LogP contribution >= 0.6 is 0 Å². The number of nitrogens with one attached hydrogen (secondary N) is 1. The van der Waals surface area contributed by atoms with Crippen molar-refractivity contribution in [2.24, 2.45) is 0 Å². The average molecular weight is 383 g/mol. The third kappa shape index (κ3) is 3.92. The van der Waals surface area contributed by atoms with E-state index < -0.39 is 0 Å². The zero-order valence-corrected chi connectivity index (χ0v) is 15.8. The summed E-state index contributed by atoms with van der Waals surface area (Å²) in [5, 5.41) is 7.36. The maximum Gasteiger partial charge on any atom is 0.165 e. The van der Waals surface area contributed by atoms with Crippen LogP contribution < -0.4 is 4.74 Å². The number of methoxy groups -OCH3 is 1. The summed E-state index contributed by atoms with van der Waals surface area (Å²) in [5.41, 5.74) is 3.86. The predicted octanol–water partition coefficient (Wildman–Crippen LogP) is 4.74. The SMILES string of the molecule is COc1cc(CN2CCC[C@H](c3[nH]ncc3-c3cccc(F)c3)C2)ccc1F. The number of nitrogens with zero attached hydrogens (tertiary/aromatic N) is 2. The molecule has 3 aromatic rings. The van der Waals surface area contributed by atoms with E-state index >= 15 is 0 Å². The summed E-state index contributed by atoms with van der Waals surface area (Å²) >= 11 is 0. The average Bonchev–Trinajstić information content (AvgIpc) is 3.20. The largest absolute Gasteiger partial charge is 0.494 e. The van der Waals surface area contributed by atoms with Gasteiger partial charge in [0.05, 0.1) is 13.3 Å². The second-order valence-electron chi connectivity index (χ2n) is 7.25. The van der Waals surface area contributed by atoms with Crippen molar-refractivity contribution in [3.05, 3.63) is 71.6 Å².